The van der Waals surface area contributed by atoms with E-state index in [-0.39, 0.29) is 0 Å². The highest BCUT2D eigenvalue weighted by Gasteiger charge is 2.09. The molecular formula is C14H23NO3. The minimum absolute atomic E-state index is 0.640. The fourth-order valence-corrected chi connectivity index (χ4v) is 1.77. The van der Waals surface area contributed by atoms with Crippen LogP contribution in [-0.2, 0) is 11.3 Å². The van der Waals surface area contributed by atoms with E-state index >= 15 is 0 Å². The summed E-state index contributed by atoms with van der Waals surface area (Å²) in [6.07, 6.45) is 1.00. The number of hydrogen-bond donors (Lipinski definition) is 1. The molecule has 0 saturated heterocycles. The van der Waals surface area contributed by atoms with E-state index in [9.17, 15) is 0 Å². The molecule has 1 aromatic rings. The fraction of sp³-hybridized carbons (Fsp3) is 0.571. The molecule has 0 saturated carbocycles. The van der Waals surface area contributed by atoms with Gasteiger partial charge in [-0.05, 0) is 26.0 Å². The summed E-state index contributed by atoms with van der Waals surface area (Å²) in [4.78, 5) is 0. The van der Waals surface area contributed by atoms with Crippen molar-refractivity contribution in [3.05, 3.63) is 23.8 Å². The standard InChI is InChI=1S/C14H23NO3/c1-4-18-13-8-5-7-12(14(13)17-3)11-15-9-6-10-16-2/h5,7-8,15H,4,6,9-11H2,1-3H3. The van der Waals surface area contributed by atoms with E-state index in [0.717, 1.165) is 43.2 Å². The molecule has 0 aliphatic heterocycles. The van der Waals surface area contributed by atoms with Crippen LogP contribution in [0.15, 0.2) is 18.2 Å². The van der Waals surface area contributed by atoms with Crippen molar-refractivity contribution in [2.24, 2.45) is 0 Å². The van der Waals surface area contributed by atoms with Gasteiger partial charge in [-0.2, -0.15) is 0 Å². The summed E-state index contributed by atoms with van der Waals surface area (Å²) in [5, 5.41) is 3.36. The van der Waals surface area contributed by atoms with Crippen molar-refractivity contribution in [1.29, 1.82) is 0 Å². The van der Waals surface area contributed by atoms with Gasteiger partial charge in [-0.3, -0.25) is 0 Å². The Morgan fingerprint density at radius 1 is 1.22 bits per heavy atom. The Balaban J connectivity index is 2.55. The maximum Gasteiger partial charge on any atom is 0.165 e. The summed E-state index contributed by atoms with van der Waals surface area (Å²) in [7, 11) is 3.39. The zero-order valence-electron chi connectivity index (χ0n) is 11.5. The number of para-hydroxylation sites is 1. The van der Waals surface area contributed by atoms with Crippen LogP contribution in [0.3, 0.4) is 0 Å². The summed E-state index contributed by atoms with van der Waals surface area (Å²) >= 11 is 0. The van der Waals surface area contributed by atoms with Crippen LogP contribution >= 0.6 is 0 Å². The fourth-order valence-electron chi connectivity index (χ4n) is 1.77. The molecule has 1 rings (SSSR count). The lowest BCUT2D eigenvalue weighted by Gasteiger charge is -2.14. The lowest BCUT2D eigenvalue weighted by atomic mass is 10.2. The van der Waals surface area contributed by atoms with E-state index in [1.165, 1.54) is 0 Å². The lowest BCUT2D eigenvalue weighted by molar-refractivity contribution is 0.194. The second kappa shape index (κ2) is 8.78. The summed E-state index contributed by atoms with van der Waals surface area (Å²) < 4.78 is 16.0. The van der Waals surface area contributed by atoms with Gasteiger partial charge < -0.3 is 19.5 Å². The number of ether oxygens (including phenoxy) is 3. The van der Waals surface area contributed by atoms with E-state index in [4.69, 9.17) is 14.2 Å². The van der Waals surface area contributed by atoms with Crippen molar-refractivity contribution >= 4 is 0 Å². The predicted octanol–water partition coefficient (Wildman–Crippen LogP) is 2.22. The zero-order chi connectivity index (χ0) is 13.2. The predicted molar refractivity (Wildman–Crippen MR) is 72.4 cm³/mol. The monoisotopic (exact) mass is 253 g/mol. The van der Waals surface area contributed by atoms with Crippen LogP contribution in [0, 0.1) is 0 Å². The molecule has 0 amide bonds. The number of nitrogens with one attached hydrogen (secondary N) is 1. The summed E-state index contributed by atoms with van der Waals surface area (Å²) in [6, 6.07) is 5.96. The Hall–Kier alpha value is -1.26. The molecule has 0 atom stereocenters. The van der Waals surface area contributed by atoms with E-state index < -0.39 is 0 Å². The van der Waals surface area contributed by atoms with Gasteiger partial charge in [-0.15, -0.1) is 0 Å². The van der Waals surface area contributed by atoms with Gasteiger partial charge >= 0.3 is 0 Å². The van der Waals surface area contributed by atoms with Crippen LogP contribution in [-0.4, -0.2) is 34.0 Å². The zero-order valence-corrected chi connectivity index (χ0v) is 11.5. The molecule has 18 heavy (non-hydrogen) atoms. The maximum absolute atomic E-state index is 5.54. The van der Waals surface area contributed by atoms with Crippen LogP contribution in [0.5, 0.6) is 11.5 Å². The van der Waals surface area contributed by atoms with Gasteiger partial charge in [0.15, 0.2) is 11.5 Å². The van der Waals surface area contributed by atoms with Crippen LogP contribution in [0.4, 0.5) is 0 Å². The molecule has 0 fully saturated rings. The molecule has 102 valence electrons. The largest absolute Gasteiger partial charge is 0.493 e. The highest BCUT2D eigenvalue weighted by atomic mass is 16.5. The molecule has 0 radical (unpaired) electrons. The van der Waals surface area contributed by atoms with Gasteiger partial charge in [0, 0.05) is 25.8 Å². The first kappa shape index (κ1) is 14.8. The van der Waals surface area contributed by atoms with Crippen LogP contribution in [0.2, 0.25) is 0 Å². The third-order valence-corrected chi connectivity index (χ3v) is 2.58. The van der Waals surface area contributed by atoms with Crippen molar-refractivity contribution in [2.75, 3.05) is 34.0 Å². The average molecular weight is 253 g/mol. The van der Waals surface area contributed by atoms with E-state index in [0.29, 0.717) is 6.61 Å². The van der Waals surface area contributed by atoms with E-state index in [1.807, 2.05) is 25.1 Å². The van der Waals surface area contributed by atoms with Crippen molar-refractivity contribution in [3.8, 4) is 11.5 Å². The Labute approximate surface area is 109 Å². The number of benzene rings is 1. The van der Waals surface area contributed by atoms with Crippen LogP contribution in [0.25, 0.3) is 0 Å². The molecule has 0 aromatic heterocycles. The number of methoxy groups -OCH3 is 2. The van der Waals surface area contributed by atoms with Crippen LogP contribution in [0.1, 0.15) is 18.9 Å². The Bertz CT molecular complexity index is 342. The third-order valence-electron chi connectivity index (χ3n) is 2.58. The maximum atomic E-state index is 5.54. The molecule has 0 unspecified atom stereocenters. The minimum Gasteiger partial charge on any atom is -0.493 e. The first-order valence-corrected chi connectivity index (χ1v) is 6.31. The second-order valence-electron chi connectivity index (χ2n) is 3.90. The van der Waals surface area contributed by atoms with E-state index in [2.05, 4.69) is 5.32 Å². The van der Waals surface area contributed by atoms with Gasteiger partial charge in [-0.1, -0.05) is 12.1 Å². The van der Waals surface area contributed by atoms with Gasteiger partial charge in [0.25, 0.3) is 0 Å². The van der Waals surface area contributed by atoms with Crippen molar-refractivity contribution in [1.82, 2.24) is 5.32 Å². The molecule has 4 heteroatoms. The minimum atomic E-state index is 0.640. The van der Waals surface area contributed by atoms with Gasteiger partial charge in [0.05, 0.1) is 13.7 Å². The quantitative estimate of drug-likeness (QED) is 0.685. The highest BCUT2D eigenvalue weighted by Crippen LogP contribution is 2.30. The van der Waals surface area contributed by atoms with Crippen molar-refractivity contribution in [3.63, 3.8) is 0 Å². The molecule has 0 spiro atoms. The van der Waals surface area contributed by atoms with E-state index in [1.54, 1.807) is 14.2 Å². The first-order chi connectivity index (χ1) is 8.83. The third kappa shape index (κ3) is 4.55. The van der Waals surface area contributed by atoms with Gasteiger partial charge in [0.2, 0.25) is 0 Å². The Morgan fingerprint density at radius 2 is 2.06 bits per heavy atom. The Kier molecular flexibility index (Phi) is 7.22. The summed E-state index contributed by atoms with van der Waals surface area (Å²) in [5.41, 5.74) is 1.11. The summed E-state index contributed by atoms with van der Waals surface area (Å²) in [6.45, 7) is 5.09. The number of hydrogen-bond acceptors (Lipinski definition) is 4. The smallest absolute Gasteiger partial charge is 0.165 e. The molecular weight excluding hydrogens is 230 g/mol. The normalized spacial score (nSPS) is 10.4. The molecule has 0 aliphatic carbocycles. The SMILES string of the molecule is CCOc1cccc(CNCCCOC)c1OC. The molecule has 1 aromatic carbocycles. The van der Waals surface area contributed by atoms with Gasteiger partial charge in [0.1, 0.15) is 0 Å². The summed E-state index contributed by atoms with van der Waals surface area (Å²) in [5.74, 6) is 1.62. The van der Waals surface area contributed by atoms with Crippen molar-refractivity contribution in [2.45, 2.75) is 19.9 Å². The second-order valence-corrected chi connectivity index (χ2v) is 3.90. The molecule has 0 bridgehead atoms. The van der Waals surface area contributed by atoms with Gasteiger partial charge in [-0.25, -0.2) is 0 Å². The molecule has 1 N–H and O–H groups in total. The first-order valence-electron chi connectivity index (χ1n) is 6.31. The lowest BCUT2D eigenvalue weighted by Crippen LogP contribution is -2.16. The molecule has 0 aliphatic rings. The number of rotatable bonds is 9. The Morgan fingerprint density at radius 3 is 2.72 bits per heavy atom. The molecule has 0 heterocycles. The van der Waals surface area contributed by atoms with Crippen LogP contribution < -0.4 is 14.8 Å². The topological polar surface area (TPSA) is 39.7 Å². The molecule has 4 nitrogen and oxygen atoms in total. The van der Waals surface area contributed by atoms with Crippen molar-refractivity contribution < 1.29 is 14.2 Å². The average Bonchev–Trinajstić information content (AvgIpc) is 2.39. The highest BCUT2D eigenvalue weighted by molar-refractivity contribution is 5.46.